The molecule has 0 amide bonds. The van der Waals surface area contributed by atoms with Gasteiger partial charge in [-0.1, -0.05) is 0 Å². The van der Waals surface area contributed by atoms with E-state index in [-0.39, 0.29) is 176 Å². The van der Waals surface area contributed by atoms with E-state index in [0.29, 0.717) is 11.4 Å². The van der Waals surface area contributed by atoms with Crippen molar-refractivity contribution in [1.29, 1.82) is 0 Å². The molecule has 28 nitrogen and oxygen atoms in total. The van der Waals surface area contributed by atoms with E-state index >= 15 is 0 Å². The van der Waals surface area contributed by atoms with Gasteiger partial charge in [-0.25, -0.2) is 0 Å². The molecule has 34 N–H and O–H groups in total. The minimum atomic E-state index is -1.44. The Kier molecular flexibility index (Phi) is 86.6. The molecule has 0 fully saturated rings. The number of hydrogen-bond donors (Lipinski definition) is 0. The molecule has 2 rings (SSSR count). The van der Waals surface area contributed by atoms with E-state index < -0.39 is 75.2 Å². The summed E-state index contributed by atoms with van der Waals surface area (Å²) in [5, 5.41) is 62.6. The molecule has 0 bridgehead atoms. The van der Waals surface area contributed by atoms with Gasteiger partial charge in [-0.3, -0.25) is 0 Å². The fourth-order valence-corrected chi connectivity index (χ4v) is 2.89. The van der Waals surface area contributed by atoms with E-state index in [1.54, 1.807) is 0 Å². The predicted molar refractivity (Wildman–Crippen MR) is 174 cm³/mol. The molecule has 0 saturated heterocycles. The second-order valence-corrected chi connectivity index (χ2v) is 7.51. The largest absolute Gasteiger partial charge is 3.00 e. The molecule has 0 aliphatic rings. The summed E-state index contributed by atoms with van der Waals surface area (Å²) in [7, 11) is 0. The van der Waals surface area contributed by atoms with Crippen molar-refractivity contribution in [3.63, 3.8) is 0 Å². The first-order valence-electron chi connectivity index (χ1n) is 10.9. The number of carbonyl (C=O) groups is 6. The molecule has 0 saturated carbocycles. The maximum absolute atomic E-state index is 10.5. The van der Waals surface area contributed by atoms with Crippen LogP contribution in [0.2, 0.25) is 0 Å². The maximum Gasteiger partial charge on any atom is 3.00 e. The molecule has 0 aliphatic carbocycles. The average Bonchev–Trinajstić information content (AvgIpc) is 2.85. The summed E-state index contributed by atoms with van der Waals surface area (Å²) in [5.74, 6) is -8.09. The minimum Gasteiger partial charge on any atom is -0.548 e. The predicted octanol–water partition coefficient (Wildman–Crippen LogP) is -18.6. The molecule has 0 atom stereocenters. The van der Waals surface area contributed by atoms with Gasteiger partial charge in [0.1, 0.15) is 24.7 Å². The molecule has 0 heterocycles. The van der Waals surface area contributed by atoms with E-state index in [9.17, 15) is 59.4 Å². The van der Waals surface area contributed by atoms with Crippen molar-refractivity contribution in [3.05, 3.63) is 48.5 Å². The Balaban J connectivity index is -0.0000000392. The van der Waals surface area contributed by atoms with Crippen LogP contribution in [0.5, 0.6) is 11.5 Å². The Morgan fingerprint density at radius 3 is 0.722 bits per heavy atom. The number of anilines is 2. The Morgan fingerprint density at radius 2 is 0.574 bits per heavy atom. The van der Waals surface area contributed by atoms with Crippen molar-refractivity contribution in [2.45, 2.75) is 0 Å². The topological polar surface area (TPSA) is 659 Å². The summed E-state index contributed by atoms with van der Waals surface area (Å²) >= 11 is 0. The SMILES string of the molecule is O.O.O=C([O-])COc1ccc(N(CC(=O)[O-])CC(=O)[O-])cc1.O=C([O-])COc1ccc(N(CC(=O)[O-])CC(=O)[O-])cc1.[Eu+3].[Eu+3].[OH3+].[OH3+].[OH3+].[OH3+].[OH3+].[OH3+].[OH3+].[OH3+].[OH3+].[OH3+]. The van der Waals surface area contributed by atoms with Crippen molar-refractivity contribution >= 4 is 47.2 Å². The van der Waals surface area contributed by atoms with Crippen LogP contribution >= 0.6 is 0 Å². The summed E-state index contributed by atoms with van der Waals surface area (Å²) in [6, 6.07) is 11.0. The summed E-state index contributed by atoms with van der Waals surface area (Å²) in [6.07, 6.45) is 0. The fraction of sp³-hybridized carbons (Fsp3) is 0.250. The molecule has 0 aliphatic heterocycles. The van der Waals surface area contributed by atoms with Crippen LogP contribution in [0.25, 0.3) is 0 Å². The van der Waals surface area contributed by atoms with Crippen LogP contribution in [0, 0.1) is 98.8 Å². The molecule has 30 heteroatoms. The maximum atomic E-state index is 10.5. The zero-order valence-corrected chi connectivity index (χ0v) is 32.9. The Hall–Kier alpha value is -2.85. The number of benzene rings is 2. The molecule has 54 heavy (non-hydrogen) atoms. The second-order valence-electron chi connectivity index (χ2n) is 7.51. The minimum absolute atomic E-state index is 0. The first-order valence-corrected chi connectivity index (χ1v) is 10.9. The fourth-order valence-electron chi connectivity index (χ4n) is 2.89. The van der Waals surface area contributed by atoms with Crippen LogP contribution in [-0.2, 0) is 83.5 Å². The van der Waals surface area contributed by atoms with E-state index in [2.05, 4.69) is 0 Å². The standard InChI is InChI=1S/2C12H13NO7.2Eu.12H2O/c2*14-10(15)5-13(6-11(16)17)8-1-3-9(4-2-8)20-7-12(18)19;;;;;;;;;;;;;;/h2*1-4H,5-7H2,(H,14,15)(H,16,17)(H,18,19);;;12*1H2/q;;2*+3;;;;;;;;;;;;/p+4. The zero-order valence-electron chi connectivity index (χ0n) is 28.0. The monoisotopic (exact) mass is 1090 g/mol. The van der Waals surface area contributed by atoms with Gasteiger partial charge in [0.05, 0.1) is 62.0 Å². The van der Waals surface area contributed by atoms with Crippen LogP contribution in [0.15, 0.2) is 48.5 Å². The average molecular weight is 1090 g/mol. The summed E-state index contributed by atoms with van der Waals surface area (Å²) in [5.41, 5.74) is 0.582. The van der Waals surface area contributed by atoms with Gasteiger partial charge in [0, 0.05) is 11.4 Å². The first kappa shape index (κ1) is 93.2. The van der Waals surface area contributed by atoms with Gasteiger partial charge < -0.3 is 144 Å². The molecule has 0 unspecified atom stereocenters. The third kappa shape index (κ3) is 43.6. The quantitative estimate of drug-likeness (QED) is 0.141. The Morgan fingerprint density at radius 1 is 0.389 bits per heavy atom. The molecule has 0 radical (unpaired) electrons. The molecular weight excluding hydrogens is 1040 g/mol. The molecule has 2 aromatic carbocycles. The normalized spacial score (nSPS) is 7.26. The van der Waals surface area contributed by atoms with E-state index in [4.69, 9.17) is 9.47 Å². The third-order valence-corrected chi connectivity index (χ3v) is 4.40. The number of nitrogens with zero attached hydrogens (tertiary/aromatic N) is 2. The summed E-state index contributed by atoms with van der Waals surface area (Å²) < 4.78 is 9.65. The summed E-state index contributed by atoms with van der Waals surface area (Å²) in [6.45, 7) is -3.72. The number of ether oxygens (including phenoxy) is 2. The number of carbonyl (C=O) groups excluding carboxylic acids is 6. The molecule has 320 valence electrons. The summed E-state index contributed by atoms with van der Waals surface area (Å²) in [4.78, 5) is 64.6. The zero-order chi connectivity index (χ0) is 30.2. The number of rotatable bonds is 16. The molecule has 0 spiro atoms. The van der Waals surface area contributed by atoms with Crippen molar-refractivity contribution in [3.8, 4) is 11.5 Å². The smallest absolute Gasteiger partial charge is 0.548 e. The van der Waals surface area contributed by atoms with Gasteiger partial charge in [0.25, 0.3) is 0 Å². The van der Waals surface area contributed by atoms with Crippen LogP contribution in [-0.4, -0.2) is 86.2 Å². The number of aliphatic carboxylic acids is 6. The molecular formula is C24H54Eu2N2O26+10. The van der Waals surface area contributed by atoms with Gasteiger partial charge in [0.15, 0.2) is 0 Å². The second kappa shape index (κ2) is 50.1. The van der Waals surface area contributed by atoms with Crippen molar-refractivity contribution in [2.75, 3.05) is 49.2 Å². The molecule has 0 aromatic heterocycles. The number of hydrogen-bond acceptors (Lipinski definition) is 16. The van der Waals surface area contributed by atoms with Crippen molar-refractivity contribution < 1.29 is 233 Å². The van der Waals surface area contributed by atoms with Crippen molar-refractivity contribution in [1.82, 2.24) is 0 Å². The molecule has 2 aromatic rings. The van der Waals surface area contributed by atoms with Gasteiger partial charge in [0.2, 0.25) is 0 Å². The van der Waals surface area contributed by atoms with Gasteiger partial charge in [-0.2, -0.15) is 0 Å². The first-order chi connectivity index (χ1) is 18.8. The van der Waals surface area contributed by atoms with Crippen molar-refractivity contribution in [2.24, 2.45) is 0 Å². The Bertz CT molecular complexity index is 1080. The van der Waals surface area contributed by atoms with Gasteiger partial charge in [-0.15, -0.1) is 0 Å². The number of carboxylic acid groups (broad SMARTS) is 6. The third-order valence-electron chi connectivity index (χ3n) is 4.40. The van der Waals surface area contributed by atoms with Gasteiger partial charge in [-0.05, 0) is 48.5 Å². The van der Waals surface area contributed by atoms with E-state index in [1.165, 1.54) is 48.5 Å². The van der Waals surface area contributed by atoms with E-state index in [0.717, 1.165) is 9.80 Å². The Labute approximate surface area is 385 Å². The van der Waals surface area contributed by atoms with E-state index in [1.807, 2.05) is 0 Å². The van der Waals surface area contributed by atoms with Crippen LogP contribution in [0.4, 0.5) is 11.4 Å². The van der Waals surface area contributed by atoms with Crippen LogP contribution in [0.3, 0.4) is 0 Å². The van der Waals surface area contributed by atoms with Crippen LogP contribution < -0.4 is 49.9 Å². The van der Waals surface area contributed by atoms with Crippen LogP contribution in [0.1, 0.15) is 0 Å². The van der Waals surface area contributed by atoms with Gasteiger partial charge >= 0.3 is 98.8 Å². The number of carboxylic acids is 6.